The Morgan fingerprint density at radius 3 is 2.48 bits per heavy atom. The van der Waals surface area contributed by atoms with Gasteiger partial charge in [-0.15, -0.1) is 0 Å². The van der Waals surface area contributed by atoms with Crippen molar-refractivity contribution in [3.8, 4) is 0 Å². The molecule has 1 aliphatic heterocycles. The van der Waals surface area contributed by atoms with Gasteiger partial charge in [-0.05, 0) is 47.4 Å². The second-order valence-corrected chi connectivity index (χ2v) is 9.25. The molecule has 2 atom stereocenters. The molecule has 1 saturated heterocycles. The third-order valence-electron chi connectivity index (χ3n) is 6.00. The molecule has 2 heterocycles. The molecule has 4 rings (SSSR count). The van der Waals surface area contributed by atoms with Crippen molar-refractivity contribution >= 4 is 29.1 Å². The summed E-state index contributed by atoms with van der Waals surface area (Å²) in [5.74, 6) is -0.00111. The number of halogens is 2. The zero-order chi connectivity index (χ0) is 23.2. The number of carbonyl (C=O) groups excluding carboxylic acids is 1. The van der Waals surface area contributed by atoms with E-state index in [0.29, 0.717) is 29.7 Å². The van der Waals surface area contributed by atoms with Crippen LogP contribution >= 0.6 is 23.2 Å². The Balaban J connectivity index is 1.66. The van der Waals surface area contributed by atoms with E-state index in [0.717, 1.165) is 29.7 Å². The van der Waals surface area contributed by atoms with E-state index in [4.69, 9.17) is 23.2 Å². The molecule has 0 spiro atoms. The van der Waals surface area contributed by atoms with E-state index in [1.165, 1.54) is 0 Å². The number of pyridine rings is 1. The fourth-order valence-electron chi connectivity index (χ4n) is 4.26. The number of likely N-dealkylation sites (tertiary alicyclic amines) is 1. The minimum absolute atomic E-state index is 0.00111. The minimum Gasteiger partial charge on any atom is -0.392 e. The molecule has 1 amide bonds. The van der Waals surface area contributed by atoms with Crippen LogP contribution in [0, 0.1) is 0 Å². The van der Waals surface area contributed by atoms with Gasteiger partial charge in [-0.25, -0.2) is 0 Å². The third kappa shape index (κ3) is 6.33. The molecule has 172 valence electrons. The quantitative estimate of drug-likeness (QED) is 0.501. The number of aliphatic hydroxyl groups is 1. The molecular weight excluding hydrogens is 457 g/mol. The van der Waals surface area contributed by atoms with Crippen molar-refractivity contribution in [1.82, 2.24) is 14.8 Å². The maximum atomic E-state index is 13.7. The summed E-state index contributed by atoms with van der Waals surface area (Å²) in [4.78, 5) is 22.0. The summed E-state index contributed by atoms with van der Waals surface area (Å²) in [7, 11) is 0. The monoisotopic (exact) mass is 483 g/mol. The Bertz CT molecular complexity index is 1070. The Morgan fingerprint density at radius 1 is 1.06 bits per heavy atom. The highest BCUT2D eigenvalue weighted by Gasteiger charge is 2.30. The maximum Gasteiger partial charge on any atom is 0.227 e. The van der Waals surface area contributed by atoms with Crippen molar-refractivity contribution in [3.63, 3.8) is 0 Å². The van der Waals surface area contributed by atoms with Crippen LogP contribution in [-0.4, -0.2) is 51.5 Å². The molecule has 5 nitrogen and oxygen atoms in total. The molecule has 0 aliphatic carbocycles. The summed E-state index contributed by atoms with van der Waals surface area (Å²) in [6, 6.07) is 19.1. The number of amides is 1. The van der Waals surface area contributed by atoms with E-state index in [2.05, 4.69) is 22.0 Å². The minimum atomic E-state index is -0.318. The fourth-order valence-corrected chi connectivity index (χ4v) is 4.59. The number of hydrogen-bond donors (Lipinski definition) is 1. The van der Waals surface area contributed by atoms with E-state index >= 15 is 0 Å². The number of β-amino-alcohol motifs (C(OH)–C–C–N with tert-alkyl or cyclic N) is 1. The fraction of sp³-hybridized carbons (Fsp3) is 0.308. The summed E-state index contributed by atoms with van der Waals surface area (Å²) in [5.41, 5.74) is 2.89. The number of rotatable bonds is 8. The highest BCUT2D eigenvalue weighted by molar-refractivity contribution is 6.42. The summed E-state index contributed by atoms with van der Waals surface area (Å²) in [6.45, 7) is 2.54. The van der Waals surface area contributed by atoms with Crippen LogP contribution in [0.1, 0.15) is 29.2 Å². The van der Waals surface area contributed by atoms with Crippen molar-refractivity contribution in [2.24, 2.45) is 0 Å². The predicted molar refractivity (Wildman–Crippen MR) is 131 cm³/mol. The second-order valence-electron chi connectivity index (χ2n) is 8.43. The molecule has 33 heavy (non-hydrogen) atoms. The Kier molecular flexibility index (Phi) is 7.99. The first-order valence-electron chi connectivity index (χ1n) is 11.1. The first kappa shape index (κ1) is 23.7. The molecule has 0 saturated carbocycles. The highest BCUT2D eigenvalue weighted by atomic mass is 35.5. The van der Waals surface area contributed by atoms with Crippen LogP contribution in [0.5, 0.6) is 0 Å². The number of aliphatic hydroxyl groups excluding tert-OH is 1. The largest absolute Gasteiger partial charge is 0.392 e. The van der Waals surface area contributed by atoms with Crippen LogP contribution in [0.25, 0.3) is 0 Å². The number of carbonyl (C=O) groups is 1. The average Bonchev–Trinajstić information content (AvgIpc) is 3.24. The van der Waals surface area contributed by atoms with Crippen LogP contribution in [0.15, 0.2) is 73.1 Å². The zero-order valence-corrected chi connectivity index (χ0v) is 19.8. The van der Waals surface area contributed by atoms with Crippen molar-refractivity contribution in [1.29, 1.82) is 0 Å². The number of aromatic nitrogens is 1. The Hall–Kier alpha value is -2.44. The molecule has 2 aromatic carbocycles. The lowest BCUT2D eigenvalue weighted by Gasteiger charge is -2.35. The zero-order valence-electron chi connectivity index (χ0n) is 18.3. The van der Waals surface area contributed by atoms with Crippen molar-refractivity contribution in [2.75, 3.05) is 19.6 Å². The van der Waals surface area contributed by atoms with Gasteiger partial charge >= 0.3 is 0 Å². The van der Waals surface area contributed by atoms with E-state index in [1.807, 2.05) is 41.3 Å². The SMILES string of the molecule is O=C(Cc1ccc(Cl)c(Cl)c1)N(Cc1ccncc1)C(CN1CCC(O)C1)c1ccccc1. The Morgan fingerprint density at radius 2 is 1.82 bits per heavy atom. The number of nitrogens with zero attached hydrogens (tertiary/aromatic N) is 3. The third-order valence-corrected chi connectivity index (χ3v) is 6.74. The van der Waals surface area contributed by atoms with Gasteiger partial charge in [0.1, 0.15) is 0 Å². The van der Waals surface area contributed by atoms with Gasteiger partial charge in [0.2, 0.25) is 5.91 Å². The normalized spacial score (nSPS) is 17.1. The van der Waals surface area contributed by atoms with E-state index in [-0.39, 0.29) is 24.5 Å². The predicted octanol–water partition coefficient (Wildman–Crippen LogP) is 4.77. The lowest BCUT2D eigenvalue weighted by molar-refractivity contribution is -0.134. The average molecular weight is 484 g/mol. The van der Waals surface area contributed by atoms with Gasteiger partial charge in [-0.2, -0.15) is 0 Å². The van der Waals surface area contributed by atoms with Gasteiger partial charge in [-0.1, -0.05) is 59.6 Å². The standard InChI is InChI=1S/C26H27Cl2N3O2/c27-23-7-6-20(14-24(23)28)15-26(33)31(16-19-8-11-29-12-9-19)25(21-4-2-1-3-5-21)18-30-13-10-22(32)17-30/h1-9,11-12,14,22,25,32H,10,13,15-18H2. The topological polar surface area (TPSA) is 56.7 Å². The summed E-state index contributed by atoms with van der Waals surface area (Å²) < 4.78 is 0. The molecular formula is C26H27Cl2N3O2. The van der Waals surface area contributed by atoms with Crippen LogP contribution in [-0.2, 0) is 17.8 Å². The van der Waals surface area contributed by atoms with Crippen molar-refractivity contribution in [2.45, 2.75) is 31.5 Å². The first-order chi connectivity index (χ1) is 16.0. The molecule has 0 bridgehead atoms. The number of hydrogen-bond acceptors (Lipinski definition) is 4. The van der Waals surface area contributed by atoms with Gasteiger partial charge in [0.05, 0.1) is 28.6 Å². The van der Waals surface area contributed by atoms with Crippen molar-refractivity contribution < 1.29 is 9.90 Å². The van der Waals surface area contributed by atoms with Gasteiger partial charge in [0, 0.05) is 38.6 Å². The smallest absolute Gasteiger partial charge is 0.227 e. The number of benzene rings is 2. The molecule has 1 aliphatic rings. The van der Waals surface area contributed by atoms with Gasteiger partial charge in [0.15, 0.2) is 0 Å². The van der Waals surface area contributed by atoms with Crippen LogP contribution < -0.4 is 0 Å². The summed E-state index contributed by atoms with van der Waals surface area (Å²) >= 11 is 12.3. The second kappa shape index (κ2) is 11.1. The van der Waals surface area contributed by atoms with Crippen LogP contribution in [0.3, 0.4) is 0 Å². The highest BCUT2D eigenvalue weighted by Crippen LogP contribution is 2.28. The maximum absolute atomic E-state index is 13.7. The van der Waals surface area contributed by atoms with Crippen LogP contribution in [0.2, 0.25) is 10.0 Å². The lowest BCUT2D eigenvalue weighted by atomic mass is 10.0. The Labute approximate surface area is 204 Å². The van der Waals surface area contributed by atoms with Gasteiger partial charge in [-0.3, -0.25) is 14.7 Å². The molecule has 1 N–H and O–H groups in total. The molecule has 1 aromatic heterocycles. The molecule has 3 aromatic rings. The summed E-state index contributed by atoms with van der Waals surface area (Å²) in [6.07, 6.45) is 4.13. The lowest BCUT2D eigenvalue weighted by Crippen LogP contribution is -2.41. The van der Waals surface area contributed by atoms with Gasteiger partial charge < -0.3 is 10.0 Å². The van der Waals surface area contributed by atoms with E-state index in [1.54, 1.807) is 24.5 Å². The molecule has 7 heteroatoms. The van der Waals surface area contributed by atoms with Crippen LogP contribution in [0.4, 0.5) is 0 Å². The molecule has 2 unspecified atom stereocenters. The van der Waals surface area contributed by atoms with Gasteiger partial charge in [0.25, 0.3) is 0 Å². The molecule has 1 fully saturated rings. The summed E-state index contributed by atoms with van der Waals surface area (Å²) in [5, 5.41) is 11.0. The van der Waals surface area contributed by atoms with Crippen molar-refractivity contribution in [3.05, 3.63) is 99.8 Å². The molecule has 0 radical (unpaired) electrons. The van der Waals surface area contributed by atoms with E-state index in [9.17, 15) is 9.90 Å². The van der Waals surface area contributed by atoms with E-state index < -0.39 is 0 Å². The first-order valence-corrected chi connectivity index (χ1v) is 11.8.